The first-order valence-electron chi connectivity index (χ1n) is 5.92. The van der Waals surface area contributed by atoms with Gasteiger partial charge in [-0.3, -0.25) is 0 Å². The first kappa shape index (κ1) is 13.4. The molecule has 0 atom stereocenters. The highest BCUT2D eigenvalue weighted by Crippen LogP contribution is 2.24. The van der Waals surface area contributed by atoms with Crippen LogP contribution < -0.4 is 4.74 Å². The van der Waals surface area contributed by atoms with Crippen LogP contribution in [0, 0.1) is 5.82 Å². The Morgan fingerprint density at radius 3 is 2.62 bits per heavy atom. The van der Waals surface area contributed by atoms with Crippen molar-refractivity contribution in [1.82, 2.24) is 9.55 Å². The highest BCUT2D eigenvalue weighted by Gasteiger charge is 2.31. The topological polar surface area (TPSA) is 27.1 Å². The molecule has 21 heavy (non-hydrogen) atoms. The first-order chi connectivity index (χ1) is 9.92. The Kier molecular flexibility index (Phi) is 3.04. The van der Waals surface area contributed by atoms with E-state index in [1.54, 1.807) is 16.8 Å². The van der Waals surface area contributed by atoms with Crippen molar-refractivity contribution in [2.24, 2.45) is 0 Å². The van der Waals surface area contributed by atoms with E-state index in [1.165, 1.54) is 30.3 Å². The molecule has 0 aliphatic carbocycles. The molecule has 0 aliphatic rings. The Hall–Kier alpha value is -2.57. The summed E-state index contributed by atoms with van der Waals surface area (Å²) in [7, 11) is 0. The van der Waals surface area contributed by atoms with Crippen molar-refractivity contribution in [1.29, 1.82) is 0 Å². The molecule has 0 fully saturated rings. The van der Waals surface area contributed by atoms with Gasteiger partial charge in [0.25, 0.3) is 0 Å². The van der Waals surface area contributed by atoms with Gasteiger partial charge in [0.15, 0.2) is 0 Å². The van der Waals surface area contributed by atoms with E-state index in [0.29, 0.717) is 10.9 Å². The van der Waals surface area contributed by atoms with Crippen molar-refractivity contribution in [3.05, 3.63) is 54.5 Å². The third-order valence-electron chi connectivity index (χ3n) is 2.83. The second-order valence-electron chi connectivity index (χ2n) is 4.27. The normalized spacial score (nSPS) is 11.8. The van der Waals surface area contributed by atoms with E-state index in [0.717, 1.165) is 6.07 Å². The molecule has 108 valence electrons. The van der Waals surface area contributed by atoms with Crippen LogP contribution in [0.4, 0.5) is 17.6 Å². The van der Waals surface area contributed by atoms with Gasteiger partial charge < -0.3 is 9.30 Å². The zero-order valence-corrected chi connectivity index (χ0v) is 10.4. The standard InChI is InChI=1S/C14H8F4N2O/c15-10-4-5-11-9(8-10)6-7-20(11)12-2-1-3-13(19-12)21-14(16,17)18/h1-8H. The number of benzene rings is 1. The van der Waals surface area contributed by atoms with Crippen molar-refractivity contribution in [2.75, 3.05) is 0 Å². The van der Waals surface area contributed by atoms with Gasteiger partial charge in [-0.25, -0.2) is 4.39 Å². The van der Waals surface area contributed by atoms with Gasteiger partial charge >= 0.3 is 6.36 Å². The van der Waals surface area contributed by atoms with Crippen LogP contribution in [0.5, 0.6) is 5.88 Å². The molecule has 2 heterocycles. The van der Waals surface area contributed by atoms with Gasteiger partial charge in [-0.15, -0.1) is 13.2 Å². The van der Waals surface area contributed by atoms with Crippen molar-refractivity contribution in [3.8, 4) is 11.7 Å². The number of alkyl halides is 3. The Balaban J connectivity index is 2.04. The fourth-order valence-electron chi connectivity index (χ4n) is 2.03. The molecule has 0 unspecified atom stereocenters. The predicted octanol–water partition coefficient (Wildman–Crippen LogP) is 4.06. The summed E-state index contributed by atoms with van der Waals surface area (Å²) < 4.78 is 55.1. The minimum Gasteiger partial charge on any atom is -0.388 e. The maximum atomic E-state index is 13.1. The minimum atomic E-state index is -4.80. The third-order valence-corrected chi connectivity index (χ3v) is 2.83. The van der Waals surface area contributed by atoms with E-state index in [-0.39, 0.29) is 11.6 Å². The molecule has 2 aromatic heterocycles. The summed E-state index contributed by atoms with van der Waals surface area (Å²) in [6.45, 7) is 0. The molecular weight excluding hydrogens is 288 g/mol. The monoisotopic (exact) mass is 296 g/mol. The molecule has 3 nitrogen and oxygen atoms in total. The van der Waals surface area contributed by atoms with Crippen LogP contribution in [-0.4, -0.2) is 15.9 Å². The average Bonchev–Trinajstić information content (AvgIpc) is 2.79. The zero-order chi connectivity index (χ0) is 15.0. The number of nitrogens with zero attached hydrogens (tertiary/aromatic N) is 2. The number of hydrogen-bond donors (Lipinski definition) is 0. The summed E-state index contributed by atoms with van der Waals surface area (Å²) in [4.78, 5) is 3.80. The second-order valence-corrected chi connectivity index (χ2v) is 4.27. The number of pyridine rings is 1. The van der Waals surface area contributed by atoms with Gasteiger partial charge in [-0.2, -0.15) is 4.98 Å². The molecule has 0 saturated heterocycles. The van der Waals surface area contributed by atoms with E-state index in [1.807, 2.05) is 0 Å². The van der Waals surface area contributed by atoms with Gasteiger partial charge in [0.05, 0.1) is 5.52 Å². The third kappa shape index (κ3) is 2.81. The summed E-state index contributed by atoms with van der Waals surface area (Å²) in [5.41, 5.74) is 0.632. The van der Waals surface area contributed by atoms with Crippen molar-refractivity contribution in [3.63, 3.8) is 0 Å². The molecule has 0 aliphatic heterocycles. The fourth-order valence-corrected chi connectivity index (χ4v) is 2.03. The van der Waals surface area contributed by atoms with Crippen molar-refractivity contribution in [2.45, 2.75) is 6.36 Å². The lowest BCUT2D eigenvalue weighted by atomic mass is 10.2. The maximum Gasteiger partial charge on any atom is 0.574 e. The molecule has 0 spiro atoms. The molecule has 0 amide bonds. The Morgan fingerprint density at radius 2 is 1.86 bits per heavy atom. The summed E-state index contributed by atoms with van der Waals surface area (Å²) in [6, 6.07) is 9.84. The minimum absolute atomic E-state index is 0.248. The molecule has 7 heteroatoms. The van der Waals surface area contributed by atoms with E-state index in [4.69, 9.17) is 0 Å². The first-order valence-corrected chi connectivity index (χ1v) is 5.92. The zero-order valence-electron chi connectivity index (χ0n) is 10.4. The number of hydrogen-bond acceptors (Lipinski definition) is 2. The maximum absolute atomic E-state index is 13.1. The lowest BCUT2D eigenvalue weighted by molar-refractivity contribution is -0.276. The SMILES string of the molecule is Fc1ccc2c(ccn2-c2cccc(OC(F)(F)F)n2)c1. The van der Waals surface area contributed by atoms with Crippen molar-refractivity contribution < 1.29 is 22.3 Å². The molecule has 1 aromatic carbocycles. The quantitative estimate of drug-likeness (QED) is 0.667. The number of aromatic nitrogens is 2. The summed E-state index contributed by atoms with van der Waals surface area (Å²) >= 11 is 0. The smallest absolute Gasteiger partial charge is 0.388 e. The van der Waals surface area contributed by atoms with Crippen LogP contribution in [0.25, 0.3) is 16.7 Å². The molecule has 0 saturated carbocycles. The second kappa shape index (κ2) is 4.76. The highest BCUT2D eigenvalue weighted by molar-refractivity contribution is 5.81. The molecule has 0 N–H and O–H groups in total. The molecule has 3 aromatic rings. The van der Waals surface area contributed by atoms with Gasteiger partial charge in [0, 0.05) is 17.6 Å². The Bertz CT molecular complexity index is 795. The predicted molar refractivity (Wildman–Crippen MR) is 67.7 cm³/mol. The van der Waals surface area contributed by atoms with Gasteiger partial charge in [-0.1, -0.05) is 6.07 Å². The lowest BCUT2D eigenvalue weighted by Crippen LogP contribution is -2.18. The van der Waals surface area contributed by atoms with E-state index in [9.17, 15) is 17.6 Å². The van der Waals surface area contributed by atoms with Gasteiger partial charge in [-0.05, 0) is 30.3 Å². The fraction of sp³-hybridized carbons (Fsp3) is 0.0714. The lowest BCUT2D eigenvalue weighted by Gasteiger charge is -2.10. The van der Waals surface area contributed by atoms with Crippen LogP contribution >= 0.6 is 0 Å². The van der Waals surface area contributed by atoms with E-state index >= 15 is 0 Å². The molecule has 0 radical (unpaired) electrons. The number of halogens is 4. The van der Waals surface area contributed by atoms with Crippen LogP contribution in [-0.2, 0) is 0 Å². The van der Waals surface area contributed by atoms with Gasteiger partial charge in [0.1, 0.15) is 11.6 Å². The number of fused-ring (bicyclic) bond motifs is 1. The summed E-state index contributed by atoms with van der Waals surface area (Å²) in [6.07, 6.45) is -3.20. The van der Waals surface area contributed by atoms with Crippen LogP contribution in [0.15, 0.2) is 48.7 Å². The number of rotatable bonds is 2. The molecular formula is C14H8F4N2O. The van der Waals surface area contributed by atoms with Gasteiger partial charge in [0.2, 0.25) is 5.88 Å². The van der Waals surface area contributed by atoms with E-state index in [2.05, 4.69) is 9.72 Å². The molecule has 0 bridgehead atoms. The summed E-state index contributed by atoms with van der Waals surface area (Å²) in [5.74, 6) is -0.690. The number of ether oxygens (including phenoxy) is 1. The largest absolute Gasteiger partial charge is 0.574 e. The average molecular weight is 296 g/mol. The van der Waals surface area contributed by atoms with Crippen LogP contribution in [0.1, 0.15) is 0 Å². The van der Waals surface area contributed by atoms with Crippen LogP contribution in [0.3, 0.4) is 0 Å². The Morgan fingerprint density at radius 1 is 1.05 bits per heavy atom. The van der Waals surface area contributed by atoms with E-state index < -0.39 is 12.2 Å². The molecule has 3 rings (SSSR count). The van der Waals surface area contributed by atoms with Crippen LogP contribution in [0.2, 0.25) is 0 Å². The highest BCUT2D eigenvalue weighted by atomic mass is 19.4. The Labute approximate surface area is 116 Å². The van der Waals surface area contributed by atoms with Crippen molar-refractivity contribution >= 4 is 10.9 Å². The summed E-state index contributed by atoms with van der Waals surface area (Å²) in [5, 5.41) is 0.624.